The number of nitrogens with zero attached hydrogens (tertiary/aromatic N) is 5. The molecule has 290 valence electrons. The number of carbonyl (C=O) groups excluding carboxylic acids is 1. The summed E-state index contributed by atoms with van der Waals surface area (Å²) in [6, 6.07) is 11.7. The van der Waals surface area contributed by atoms with Crippen LogP contribution in [0.3, 0.4) is 0 Å². The summed E-state index contributed by atoms with van der Waals surface area (Å²) in [5, 5.41) is 19.7. The van der Waals surface area contributed by atoms with Crippen LogP contribution in [0.25, 0.3) is 22.0 Å². The second kappa shape index (κ2) is 14.1. The molecule has 5 aromatic rings. The molecule has 1 fully saturated rings. The second-order valence-electron chi connectivity index (χ2n) is 14.9. The smallest absolute Gasteiger partial charge is 0.293 e. The van der Waals surface area contributed by atoms with Crippen molar-refractivity contribution in [3.8, 4) is 34.9 Å². The van der Waals surface area contributed by atoms with Gasteiger partial charge < -0.3 is 10.8 Å². The standard InChI is InChI=1S/C40H35ClF4N6O4S/c1-39(2,53)11-9-25-5-6-27(28-7-8-31(41)35-33(20-56(4,54)55)48-50(3)37(28)35)36(47-25)22(13-21-14-23(42)17-24(43)15-21)16-26(52)19-51-38-34(32(49-51)10-12-46)29-18-30(29)40(38,44)45/h5-8,14-15,17,22,29-30,53H,13,16,18-20,46H2,1-4H3/t22-,29+,30-/m1/s1. The Morgan fingerprint density at radius 3 is 2.46 bits per heavy atom. The predicted molar refractivity (Wildman–Crippen MR) is 201 cm³/mol. The van der Waals surface area contributed by atoms with Crippen LogP contribution in [0.2, 0.25) is 5.02 Å². The van der Waals surface area contributed by atoms with Crippen LogP contribution in [-0.2, 0) is 46.3 Å². The number of carbonyl (C=O) groups is 1. The van der Waals surface area contributed by atoms with Gasteiger partial charge in [-0.15, -0.1) is 0 Å². The van der Waals surface area contributed by atoms with Crippen molar-refractivity contribution in [2.45, 2.75) is 68.8 Å². The molecule has 3 heterocycles. The molecule has 3 N–H and O–H groups in total. The molecule has 3 aromatic heterocycles. The summed E-state index contributed by atoms with van der Waals surface area (Å²) in [7, 11) is -1.92. The first-order valence-corrected chi connectivity index (χ1v) is 19.9. The van der Waals surface area contributed by atoms with Crippen LogP contribution in [-0.4, -0.2) is 55.7 Å². The van der Waals surface area contributed by atoms with E-state index in [4.69, 9.17) is 22.3 Å². The number of pyridine rings is 1. The number of sulfone groups is 1. The summed E-state index contributed by atoms with van der Waals surface area (Å²) in [5.41, 5.74) is 6.22. The van der Waals surface area contributed by atoms with Crippen LogP contribution >= 0.6 is 11.6 Å². The lowest BCUT2D eigenvalue weighted by atomic mass is 9.86. The summed E-state index contributed by atoms with van der Waals surface area (Å²) in [4.78, 5) is 19.0. The van der Waals surface area contributed by atoms with E-state index in [2.05, 4.69) is 34.0 Å². The maximum atomic E-state index is 15.5. The number of alkyl halides is 2. The Bertz CT molecular complexity index is 2680. The number of aryl methyl sites for hydroxylation is 1. The quantitative estimate of drug-likeness (QED) is 0.101. The van der Waals surface area contributed by atoms with Gasteiger partial charge in [-0.25, -0.2) is 22.2 Å². The Kier molecular flexibility index (Phi) is 9.80. The Morgan fingerprint density at radius 2 is 1.80 bits per heavy atom. The van der Waals surface area contributed by atoms with E-state index in [1.54, 1.807) is 31.3 Å². The van der Waals surface area contributed by atoms with Crippen molar-refractivity contribution in [1.82, 2.24) is 24.5 Å². The van der Waals surface area contributed by atoms with Gasteiger partial charge in [0.15, 0.2) is 15.6 Å². The molecule has 0 saturated heterocycles. The lowest BCUT2D eigenvalue weighted by Gasteiger charge is -2.22. The number of nitrogens with two attached hydrogens (primary N) is 1. The molecule has 10 nitrogen and oxygen atoms in total. The lowest BCUT2D eigenvalue weighted by molar-refractivity contribution is -0.120. The van der Waals surface area contributed by atoms with E-state index in [-0.39, 0.29) is 63.9 Å². The van der Waals surface area contributed by atoms with Crippen LogP contribution in [0.4, 0.5) is 17.6 Å². The zero-order chi connectivity index (χ0) is 40.5. The van der Waals surface area contributed by atoms with Crippen molar-refractivity contribution in [3.63, 3.8) is 0 Å². The average Bonchev–Trinajstić information content (AvgIpc) is 3.64. The van der Waals surface area contributed by atoms with Crippen molar-refractivity contribution in [2.75, 3.05) is 6.26 Å². The molecule has 16 heteroatoms. The van der Waals surface area contributed by atoms with Gasteiger partial charge >= 0.3 is 0 Å². The zero-order valence-corrected chi connectivity index (χ0v) is 32.2. The van der Waals surface area contributed by atoms with Gasteiger partial charge in [0, 0.05) is 65.7 Å². The number of hydrogen-bond acceptors (Lipinski definition) is 8. The summed E-state index contributed by atoms with van der Waals surface area (Å²) in [5.74, 6) is -0.0316. The van der Waals surface area contributed by atoms with E-state index in [9.17, 15) is 27.1 Å². The maximum Gasteiger partial charge on any atom is 0.293 e. The molecule has 2 aliphatic rings. The predicted octanol–water partition coefficient (Wildman–Crippen LogP) is 5.89. The summed E-state index contributed by atoms with van der Waals surface area (Å²) in [6.45, 7) is 2.41. The number of ketones is 1. The molecule has 0 spiro atoms. The molecule has 3 atom stereocenters. The van der Waals surface area contributed by atoms with Gasteiger partial charge in [0.25, 0.3) is 5.92 Å². The van der Waals surface area contributed by atoms with Crippen LogP contribution in [0.1, 0.15) is 78.1 Å². The van der Waals surface area contributed by atoms with E-state index in [1.807, 2.05) is 0 Å². The SMILES string of the molecule is Cn1nc(CS(C)(=O)=O)c2c(Cl)ccc(-c3ccc(C#CC(C)(C)O)nc3[C@@H](CC(=O)Cn3nc(C#CN)c4c3C(F)(F)[C@@H]3C[C@H]43)Cc3cc(F)cc(F)c3)c21. The number of hydrogen-bond donors (Lipinski definition) is 2. The largest absolute Gasteiger partial charge is 0.378 e. The summed E-state index contributed by atoms with van der Waals surface area (Å²) in [6.07, 6.45) is 0.862. The molecule has 0 unspecified atom stereocenters. The number of rotatable bonds is 10. The number of aliphatic hydroxyl groups is 1. The van der Waals surface area contributed by atoms with E-state index < -0.39 is 68.8 Å². The van der Waals surface area contributed by atoms with Crippen LogP contribution in [0, 0.1) is 41.4 Å². The van der Waals surface area contributed by atoms with E-state index >= 15 is 8.78 Å². The third-order valence-electron chi connectivity index (χ3n) is 9.83. The molecule has 0 amide bonds. The van der Waals surface area contributed by atoms with E-state index in [0.717, 1.165) is 23.1 Å². The molecule has 0 aliphatic heterocycles. The minimum absolute atomic E-state index is 0.0898. The third kappa shape index (κ3) is 7.63. The molecular formula is C40H35ClF4N6O4S. The van der Waals surface area contributed by atoms with Gasteiger partial charge in [0.1, 0.15) is 40.9 Å². The van der Waals surface area contributed by atoms with Gasteiger partial charge in [-0.1, -0.05) is 23.6 Å². The first kappa shape index (κ1) is 39.0. The highest BCUT2D eigenvalue weighted by atomic mass is 35.5. The highest BCUT2D eigenvalue weighted by Gasteiger charge is 2.66. The molecule has 0 bridgehead atoms. The van der Waals surface area contributed by atoms with Gasteiger partial charge in [0.05, 0.1) is 27.7 Å². The summed E-state index contributed by atoms with van der Waals surface area (Å²) < 4.78 is 87.4. The first-order chi connectivity index (χ1) is 26.2. The minimum atomic E-state index is -3.54. The topological polar surface area (TPSA) is 146 Å². The van der Waals surface area contributed by atoms with Gasteiger partial charge in [-0.05, 0) is 80.3 Å². The Labute approximate surface area is 325 Å². The van der Waals surface area contributed by atoms with Crippen LogP contribution in [0.5, 0.6) is 0 Å². The number of aromatic nitrogens is 5. The maximum absolute atomic E-state index is 15.5. The monoisotopic (exact) mass is 806 g/mol. The van der Waals surface area contributed by atoms with Gasteiger partial charge in [-0.3, -0.25) is 14.2 Å². The zero-order valence-electron chi connectivity index (χ0n) is 30.6. The molecule has 2 aliphatic carbocycles. The lowest BCUT2D eigenvalue weighted by Crippen LogP contribution is -2.24. The number of benzene rings is 2. The molecule has 1 saturated carbocycles. The fourth-order valence-electron chi connectivity index (χ4n) is 7.65. The molecule has 56 heavy (non-hydrogen) atoms. The van der Waals surface area contributed by atoms with Crippen molar-refractivity contribution >= 4 is 38.1 Å². The van der Waals surface area contributed by atoms with Crippen molar-refractivity contribution in [1.29, 1.82) is 0 Å². The average molecular weight is 807 g/mol. The van der Waals surface area contributed by atoms with E-state index in [1.165, 1.54) is 18.5 Å². The molecular weight excluding hydrogens is 772 g/mol. The minimum Gasteiger partial charge on any atom is -0.378 e. The van der Waals surface area contributed by atoms with Crippen molar-refractivity contribution in [3.05, 3.63) is 98.7 Å². The molecule has 7 rings (SSSR count). The number of Topliss-reactive ketones (excluding diaryl/α,β-unsaturated/α-hetero) is 1. The van der Waals surface area contributed by atoms with E-state index in [0.29, 0.717) is 28.1 Å². The highest BCUT2D eigenvalue weighted by Crippen LogP contribution is 2.67. The van der Waals surface area contributed by atoms with Crippen molar-refractivity contribution in [2.24, 2.45) is 18.7 Å². The number of halogens is 5. The van der Waals surface area contributed by atoms with Gasteiger partial charge in [0.2, 0.25) is 0 Å². The summed E-state index contributed by atoms with van der Waals surface area (Å²) >= 11 is 6.65. The Hall–Kier alpha value is -5.22. The normalized spacial score (nSPS) is 17.4. The Morgan fingerprint density at radius 1 is 1.11 bits per heavy atom. The fourth-order valence-corrected chi connectivity index (χ4v) is 8.62. The Balaban J connectivity index is 1.39. The number of fused-ring (bicyclic) bond motifs is 4. The molecule has 0 radical (unpaired) electrons. The third-order valence-corrected chi connectivity index (χ3v) is 10.9. The molecule has 2 aromatic carbocycles. The fraction of sp³-hybridized carbons (Fsp3) is 0.350. The van der Waals surface area contributed by atoms with Crippen LogP contribution in [0.15, 0.2) is 42.5 Å². The second-order valence-corrected chi connectivity index (χ2v) is 17.5. The van der Waals surface area contributed by atoms with Crippen LogP contribution < -0.4 is 5.73 Å². The van der Waals surface area contributed by atoms with Gasteiger partial charge in [-0.2, -0.15) is 19.0 Å². The highest BCUT2D eigenvalue weighted by molar-refractivity contribution is 7.89. The van der Waals surface area contributed by atoms with Crippen molar-refractivity contribution < 1.29 is 35.9 Å². The first-order valence-electron chi connectivity index (χ1n) is 17.5.